The van der Waals surface area contributed by atoms with Gasteiger partial charge in [-0.2, -0.15) is 0 Å². The van der Waals surface area contributed by atoms with Gasteiger partial charge in [0.25, 0.3) is 0 Å². The normalized spacial score (nSPS) is 13.9. The van der Waals surface area contributed by atoms with E-state index in [0.29, 0.717) is 0 Å². The van der Waals surface area contributed by atoms with Gasteiger partial charge in [-0.3, -0.25) is 0 Å². The molecule has 338 valence electrons. The summed E-state index contributed by atoms with van der Waals surface area (Å²) in [7, 11) is 0. The lowest BCUT2D eigenvalue weighted by Gasteiger charge is -2.36. The summed E-state index contributed by atoms with van der Waals surface area (Å²) in [6.45, 7) is 4.79. The Bertz CT molecular complexity index is 4130. The van der Waals surface area contributed by atoms with Crippen LogP contribution in [0.5, 0.6) is 0 Å². The van der Waals surface area contributed by atoms with Gasteiger partial charge >= 0.3 is 0 Å². The van der Waals surface area contributed by atoms with Gasteiger partial charge in [0.05, 0.1) is 11.1 Å². The summed E-state index contributed by atoms with van der Waals surface area (Å²) in [6.07, 6.45) is 0. The summed E-state index contributed by atoms with van der Waals surface area (Å²) in [6, 6.07) is 92.5. The van der Waals surface area contributed by atoms with E-state index in [1.807, 2.05) is 6.07 Å². The first-order chi connectivity index (χ1) is 35.5. The van der Waals surface area contributed by atoms with Crippen molar-refractivity contribution in [1.29, 1.82) is 0 Å². The lowest BCUT2D eigenvalue weighted by atomic mass is 9.66. The number of hydrogen-bond acceptors (Lipinski definition) is 2. The minimum absolute atomic E-state index is 0.292. The molecule has 1 spiro atoms. The van der Waals surface area contributed by atoms with E-state index < -0.39 is 5.41 Å². The minimum Gasteiger partial charge on any atom is -0.455 e. The summed E-state index contributed by atoms with van der Waals surface area (Å²) >= 11 is 0. The molecule has 2 heteroatoms. The topological polar surface area (TPSA) is 16.4 Å². The second kappa shape index (κ2) is 15.3. The van der Waals surface area contributed by atoms with Crippen molar-refractivity contribution in [3.63, 3.8) is 0 Å². The molecular formula is C70H47NO. The molecule has 3 aliphatic rings. The van der Waals surface area contributed by atoms with Crippen LogP contribution in [0.25, 0.3) is 88.7 Å². The number of para-hydroxylation sites is 2. The zero-order valence-electron chi connectivity index (χ0n) is 40.0. The van der Waals surface area contributed by atoms with Crippen LogP contribution in [-0.2, 0) is 10.8 Å². The zero-order chi connectivity index (χ0) is 47.7. The van der Waals surface area contributed by atoms with Crippen molar-refractivity contribution >= 4 is 39.0 Å². The van der Waals surface area contributed by atoms with Crippen LogP contribution in [0.2, 0.25) is 0 Å². The van der Waals surface area contributed by atoms with Gasteiger partial charge in [0.2, 0.25) is 0 Å². The first kappa shape index (κ1) is 40.9. The van der Waals surface area contributed by atoms with Crippen molar-refractivity contribution < 1.29 is 4.42 Å². The minimum atomic E-state index is -0.594. The van der Waals surface area contributed by atoms with Gasteiger partial charge in [-0.25, -0.2) is 0 Å². The van der Waals surface area contributed by atoms with E-state index in [0.717, 1.165) is 50.1 Å². The SMILES string of the molecule is CC1(C)c2cc(-c3cccc4c3oc3ccccc34)ccc2-c2ccc(N(c3ccc(-c4ccccc4)cc3)c3cccc4c3-c3ccccc3C43c4ccccc4-c4ccccc4-c4ccccc43)cc21. The smallest absolute Gasteiger partial charge is 0.143 e. The van der Waals surface area contributed by atoms with Crippen LogP contribution in [0.1, 0.15) is 47.2 Å². The van der Waals surface area contributed by atoms with Crippen LogP contribution < -0.4 is 4.90 Å². The van der Waals surface area contributed by atoms with E-state index in [1.165, 1.54) is 89.0 Å². The summed E-state index contributed by atoms with van der Waals surface area (Å²) in [4.78, 5) is 2.53. The van der Waals surface area contributed by atoms with Crippen molar-refractivity contribution in [3.8, 4) is 66.8 Å². The van der Waals surface area contributed by atoms with Crippen LogP contribution in [0, 0.1) is 0 Å². The molecule has 15 rings (SSSR count). The summed E-state index contributed by atoms with van der Waals surface area (Å²) in [5, 5.41) is 2.29. The molecule has 2 nitrogen and oxygen atoms in total. The molecule has 0 saturated heterocycles. The van der Waals surface area contributed by atoms with Crippen LogP contribution in [0.4, 0.5) is 17.1 Å². The number of benzene rings is 11. The van der Waals surface area contributed by atoms with Crippen molar-refractivity contribution in [3.05, 3.63) is 282 Å². The maximum absolute atomic E-state index is 6.57. The summed E-state index contributed by atoms with van der Waals surface area (Å²) in [5.74, 6) is 0. The molecular weight excluding hydrogens is 871 g/mol. The van der Waals surface area contributed by atoms with E-state index in [4.69, 9.17) is 4.42 Å². The second-order valence-corrected chi connectivity index (χ2v) is 20.3. The molecule has 12 aromatic rings. The Labute approximate surface area is 419 Å². The fourth-order valence-electron chi connectivity index (χ4n) is 13.1. The first-order valence-electron chi connectivity index (χ1n) is 25.2. The Hall–Kier alpha value is -8.98. The lowest BCUT2D eigenvalue weighted by molar-refractivity contribution is 0.660. The molecule has 0 amide bonds. The van der Waals surface area contributed by atoms with E-state index >= 15 is 0 Å². The van der Waals surface area contributed by atoms with Crippen molar-refractivity contribution in [2.45, 2.75) is 24.7 Å². The third-order valence-corrected chi connectivity index (χ3v) is 16.3. The van der Waals surface area contributed by atoms with E-state index in [1.54, 1.807) is 0 Å². The molecule has 0 unspecified atom stereocenters. The third kappa shape index (κ3) is 5.61. The number of fused-ring (bicyclic) bond motifs is 18. The van der Waals surface area contributed by atoms with Crippen LogP contribution in [0.15, 0.2) is 253 Å². The number of furan rings is 1. The molecule has 1 aromatic heterocycles. The number of nitrogens with zero attached hydrogens (tertiary/aromatic N) is 1. The monoisotopic (exact) mass is 917 g/mol. The molecule has 1 heterocycles. The van der Waals surface area contributed by atoms with E-state index in [2.05, 4.69) is 261 Å². The second-order valence-electron chi connectivity index (χ2n) is 20.3. The van der Waals surface area contributed by atoms with Crippen molar-refractivity contribution in [1.82, 2.24) is 0 Å². The standard InChI is InChI=1S/C70H47NO/c1-69(2)63-42-46(49-26-16-27-57-56-24-11-15-33-66(56)72-68(49)57)36-40-54(63)55-41-39-48(43-64(55)69)71(47-37-34-45(35-38-47)44-18-4-3-5-19-44)65-32-17-31-62-67(65)58-25-10-14-30-61(58)70(62)59-28-12-8-22-52(59)50-20-6-7-21-51(50)53-23-9-13-29-60(53)70/h3-43H,1-2H3. The van der Waals surface area contributed by atoms with Crippen molar-refractivity contribution in [2.75, 3.05) is 4.90 Å². The first-order valence-corrected chi connectivity index (χ1v) is 25.2. The van der Waals surface area contributed by atoms with Gasteiger partial charge in [0, 0.05) is 38.7 Å². The summed E-state index contributed by atoms with van der Waals surface area (Å²) < 4.78 is 6.57. The zero-order valence-corrected chi connectivity index (χ0v) is 40.0. The Balaban J connectivity index is 0.944. The molecule has 0 atom stereocenters. The Morgan fingerprint density at radius 3 is 1.53 bits per heavy atom. The molecule has 3 aliphatic carbocycles. The molecule has 0 N–H and O–H groups in total. The average molecular weight is 918 g/mol. The quantitative estimate of drug-likeness (QED) is 0.171. The van der Waals surface area contributed by atoms with Gasteiger partial charge < -0.3 is 9.32 Å². The molecule has 11 aromatic carbocycles. The lowest BCUT2D eigenvalue weighted by Crippen LogP contribution is -2.29. The molecule has 0 radical (unpaired) electrons. The molecule has 0 aliphatic heterocycles. The largest absolute Gasteiger partial charge is 0.455 e. The molecule has 72 heavy (non-hydrogen) atoms. The maximum Gasteiger partial charge on any atom is 0.143 e. The van der Waals surface area contributed by atoms with Gasteiger partial charge in [-0.1, -0.05) is 220 Å². The van der Waals surface area contributed by atoms with E-state index in [-0.39, 0.29) is 5.41 Å². The van der Waals surface area contributed by atoms with Crippen LogP contribution in [0.3, 0.4) is 0 Å². The van der Waals surface area contributed by atoms with Crippen LogP contribution >= 0.6 is 0 Å². The van der Waals surface area contributed by atoms with Gasteiger partial charge in [-0.15, -0.1) is 0 Å². The predicted octanol–water partition coefficient (Wildman–Crippen LogP) is 18.7. The Morgan fingerprint density at radius 1 is 0.319 bits per heavy atom. The molecule has 0 saturated carbocycles. The summed E-state index contributed by atoms with van der Waals surface area (Å²) in [5.41, 5.74) is 27.0. The highest BCUT2D eigenvalue weighted by Crippen LogP contribution is 2.64. The average Bonchev–Trinajstić information content (AvgIpc) is 4.03. The number of hydrogen-bond donors (Lipinski definition) is 0. The van der Waals surface area contributed by atoms with E-state index in [9.17, 15) is 0 Å². The molecule has 0 bridgehead atoms. The highest BCUT2D eigenvalue weighted by molar-refractivity contribution is 6.10. The highest BCUT2D eigenvalue weighted by Gasteiger charge is 2.50. The van der Waals surface area contributed by atoms with Crippen molar-refractivity contribution in [2.24, 2.45) is 0 Å². The predicted molar refractivity (Wildman–Crippen MR) is 299 cm³/mol. The third-order valence-electron chi connectivity index (χ3n) is 16.3. The fraction of sp³-hybridized carbons (Fsp3) is 0.0571. The fourth-order valence-corrected chi connectivity index (χ4v) is 13.1. The van der Waals surface area contributed by atoms with Gasteiger partial charge in [0.1, 0.15) is 11.2 Å². The Morgan fingerprint density at radius 2 is 0.806 bits per heavy atom. The van der Waals surface area contributed by atoms with Gasteiger partial charge in [-0.05, 0) is 131 Å². The number of rotatable bonds is 5. The maximum atomic E-state index is 6.57. The number of anilines is 3. The van der Waals surface area contributed by atoms with Crippen LogP contribution in [-0.4, -0.2) is 0 Å². The highest BCUT2D eigenvalue weighted by atomic mass is 16.3. The molecule has 0 fully saturated rings. The Kier molecular flexibility index (Phi) is 8.66. The van der Waals surface area contributed by atoms with Gasteiger partial charge in [0.15, 0.2) is 0 Å².